The smallest absolute Gasteiger partial charge is 0.258 e. The number of nitrogens with zero attached hydrogens (tertiary/aromatic N) is 4. The number of hydrogen-bond acceptors (Lipinski definition) is 13. The zero-order valence-electron chi connectivity index (χ0n) is 43.2. The van der Waals surface area contributed by atoms with Crippen molar-refractivity contribution < 1.29 is 42.6 Å². The highest BCUT2D eigenvalue weighted by Crippen LogP contribution is 2.31. The number of nitrogens with two attached hydrogens (primary N) is 1. The summed E-state index contributed by atoms with van der Waals surface area (Å²) >= 11 is 1.56. The van der Waals surface area contributed by atoms with E-state index in [0.29, 0.717) is 61.8 Å². The van der Waals surface area contributed by atoms with Gasteiger partial charge < -0.3 is 51.5 Å². The number of thiazole rings is 1. The van der Waals surface area contributed by atoms with E-state index in [-0.39, 0.29) is 67.8 Å². The van der Waals surface area contributed by atoms with E-state index in [4.69, 9.17) is 15.9 Å². The van der Waals surface area contributed by atoms with E-state index in [0.717, 1.165) is 46.3 Å². The van der Waals surface area contributed by atoms with E-state index in [2.05, 4.69) is 31.2 Å². The van der Waals surface area contributed by atoms with Crippen LogP contribution in [0, 0.1) is 29.4 Å². The van der Waals surface area contributed by atoms with Gasteiger partial charge in [-0.05, 0) is 96.3 Å². The number of carbonyl (C=O) groups excluding carboxylic acids is 5. The van der Waals surface area contributed by atoms with Crippen LogP contribution in [0.3, 0.4) is 0 Å². The van der Waals surface area contributed by atoms with E-state index < -0.39 is 58.9 Å². The number of β-amino-alcohol motifs (C(OH)–C–C–N with tert-alkyl or cyclic N) is 1. The Labute approximate surface area is 445 Å². The maximum atomic E-state index is 14.2. The van der Waals surface area contributed by atoms with Crippen molar-refractivity contribution in [2.24, 2.45) is 5.41 Å². The van der Waals surface area contributed by atoms with Crippen LogP contribution in [-0.4, -0.2) is 125 Å². The van der Waals surface area contributed by atoms with Crippen molar-refractivity contribution >= 4 is 63.8 Å². The van der Waals surface area contributed by atoms with Crippen molar-refractivity contribution in [1.29, 1.82) is 5.41 Å². The van der Waals surface area contributed by atoms with Gasteiger partial charge in [-0.3, -0.25) is 29.4 Å². The standard InChI is InChI=1S/C56H66F2N10O7S/c1-33-50(76-32-62-33)37-8-5-34(6-9-37)30-61-54(73)47-29-42(69)31-68(47)55(74)51(56(2,3)4)64-48(70)13-14-49(71)67-19-17-66(18-20-67)41-10-11-43(46(28-41)63-40-15-21-75-22-16-40)53(72)65-52(60)44-26-35(7-12-45(44)59)23-36-24-38(57)27-39(58)25-36/h5-12,24-28,32,40,42,47,51,63,69H,13-23,29-31,59H2,1-4H3,(H,61,73)(H,64,70)(H2,60,65,72)/t42-,47+,51-/m1/s1. The molecule has 5 amide bonds. The lowest BCUT2D eigenvalue weighted by Gasteiger charge is -2.37. The van der Waals surface area contributed by atoms with Gasteiger partial charge in [0.1, 0.15) is 29.6 Å². The van der Waals surface area contributed by atoms with Crippen LogP contribution in [0.5, 0.6) is 0 Å². The number of nitrogens with one attached hydrogen (secondary N) is 5. The summed E-state index contributed by atoms with van der Waals surface area (Å²) in [4.78, 5) is 79.4. The Kier molecular flexibility index (Phi) is 17.5. The number of benzene rings is 4. The SMILES string of the molecule is Cc1ncsc1-c1ccc(CNC(=O)[C@@H]2C[C@@H](O)CN2C(=O)[C@@H](NC(=O)CCC(=O)N2CCN(c3ccc(C(=O)NC(=N)c4cc(Cc5cc(F)cc(F)c5)ccc4N)c(NC4CCOCC4)c3)CC2)C(C)(C)C)cc1. The Morgan fingerprint density at radius 2 is 1.58 bits per heavy atom. The summed E-state index contributed by atoms with van der Waals surface area (Å²) in [7, 11) is 0. The fourth-order valence-corrected chi connectivity index (χ4v) is 10.7. The molecule has 4 heterocycles. The van der Waals surface area contributed by atoms with Gasteiger partial charge in [-0.15, -0.1) is 11.3 Å². The molecule has 0 aliphatic carbocycles. The van der Waals surface area contributed by atoms with Gasteiger partial charge in [-0.1, -0.05) is 51.1 Å². The van der Waals surface area contributed by atoms with Crippen molar-refractivity contribution in [3.8, 4) is 10.4 Å². The first-order valence-electron chi connectivity index (χ1n) is 25.6. The molecule has 8 N–H and O–H groups in total. The molecule has 1 aromatic heterocycles. The zero-order chi connectivity index (χ0) is 54.3. The number of amidine groups is 1. The first kappa shape index (κ1) is 55.0. The number of hydrogen-bond donors (Lipinski definition) is 7. The van der Waals surface area contributed by atoms with Crippen molar-refractivity contribution in [3.63, 3.8) is 0 Å². The molecule has 20 heteroatoms. The first-order chi connectivity index (χ1) is 36.3. The number of nitrogen functional groups attached to an aromatic ring is 1. The molecule has 17 nitrogen and oxygen atoms in total. The number of amides is 5. The van der Waals surface area contributed by atoms with Crippen LogP contribution < -0.4 is 31.9 Å². The lowest BCUT2D eigenvalue weighted by atomic mass is 9.85. The molecule has 76 heavy (non-hydrogen) atoms. The van der Waals surface area contributed by atoms with Gasteiger partial charge in [-0.2, -0.15) is 0 Å². The topological polar surface area (TPSA) is 235 Å². The third-order valence-corrected chi connectivity index (χ3v) is 15.0. The molecule has 5 aromatic rings. The predicted molar refractivity (Wildman–Crippen MR) is 288 cm³/mol. The fourth-order valence-electron chi connectivity index (χ4n) is 9.84. The highest BCUT2D eigenvalue weighted by atomic mass is 32.1. The fraction of sp³-hybridized carbons (Fsp3) is 0.411. The van der Waals surface area contributed by atoms with E-state index in [1.165, 1.54) is 17.0 Å². The zero-order valence-corrected chi connectivity index (χ0v) is 44.0. The van der Waals surface area contributed by atoms with Crippen molar-refractivity contribution in [2.75, 3.05) is 61.9 Å². The van der Waals surface area contributed by atoms with Gasteiger partial charge in [0, 0.05) is 106 Å². The molecule has 0 radical (unpaired) electrons. The number of carbonyl (C=O) groups is 5. The summed E-state index contributed by atoms with van der Waals surface area (Å²) in [6.07, 6.45) is 0.501. The van der Waals surface area contributed by atoms with E-state index >= 15 is 0 Å². The van der Waals surface area contributed by atoms with Crippen LogP contribution in [-0.2, 0) is 36.9 Å². The third-order valence-electron chi connectivity index (χ3n) is 14.1. The maximum Gasteiger partial charge on any atom is 0.258 e. The Bertz CT molecular complexity index is 2930. The van der Waals surface area contributed by atoms with Crippen LogP contribution in [0.15, 0.2) is 84.4 Å². The van der Waals surface area contributed by atoms with E-state index in [1.54, 1.807) is 66.8 Å². The minimum absolute atomic E-state index is 0.0230. The number of piperazine rings is 1. The minimum atomic E-state index is -1.04. The minimum Gasteiger partial charge on any atom is -0.398 e. The maximum absolute atomic E-state index is 14.2. The lowest BCUT2D eigenvalue weighted by molar-refractivity contribution is -0.144. The molecule has 0 saturated carbocycles. The highest BCUT2D eigenvalue weighted by molar-refractivity contribution is 7.13. The molecule has 3 aliphatic rings. The first-order valence-corrected chi connectivity index (χ1v) is 26.5. The molecule has 402 valence electrons. The molecule has 4 aromatic carbocycles. The molecule has 0 spiro atoms. The van der Waals surface area contributed by atoms with Crippen LogP contribution in [0.25, 0.3) is 10.4 Å². The summed E-state index contributed by atoms with van der Waals surface area (Å²) in [5, 5.41) is 31.5. The van der Waals surface area contributed by atoms with Gasteiger partial charge in [0.05, 0.1) is 27.7 Å². The molecule has 8 rings (SSSR count). The lowest BCUT2D eigenvalue weighted by Crippen LogP contribution is -2.57. The van der Waals surface area contributed by atoms with Crippen molar-refractivity contribution in [1.82, 2.24) is 30.7 Å². The number of aliphatic hydroxyl groups is 1. The molecule has 3 aliphatic heterocycles. The average molecular weight is 1060 g/mol. The normalized spacial score (nSPS) is 17.5. The molecule has 3 fully saturated rings. The molecule has 3 saturated heterocycles. The molecular weight excluding hydrogens is 995 g/mol. The van der Waals surface area contributed by atoms with Gasteiger partial charge >= 0.3 is 0 Å². The number of aromatic nitrogens is 1. The number of rotatable bonds is 16. The highest BCUT2D eigenvalue weighted by Gasteiger charge is 2.44. The molecule has 0 bridgehead atoms. The Balaban J connectivity index is 0.845. The van der Waals surface area contributed by atoms with E-state index in [1.807, 2.05) is 43.3 Å². The number of aryl methyl sites for hydroxylation is 1. The molecule has 3 atom stereocenters. The monoisotopic (exact) mass is 1060 g/mol. The second-order valence-corrected chi connectivity index (χ2v) is 21.6. The van der Waals surface area contributed by atoms with Gasteiger partial charge in [0.25, 0.3) is 5.91 Å². The van der Waals surface area contributed by atoms with Gasteiger partial charge in [0.15, 0.2) is 0 Å². The van der Waals surface area contributed by atoms with Crippen LogP contribution in [0.4, 0.5) is 25.8 Å². The summed E-state index contributed by atoms with van der Waals surface area (Å²) in [5.74, 6) is -3.79. The summed E-state index contributed by atoms with van der Waals surface area (Å²) in [5.41, 5.74) is 13.3. The molecular formula is C56H66F2N10O7S. The third kappa shape index (κ3) is 13.8. The van der Waals surface area contributed by atoms with Crippen LogP contribution >= 0.6 is 11.3 Å². The number of likely N-dealkylation sites (tertiary alicyclic amines) is 1. The number of halogens is 2. The summed E-state index contributed by atoms with van der Waals surface area (Å²) < 4.78 is 33.4. The number of ether oxygens (including phenoxy) is 1. The Morgan fingerprint density at radius 1 is 0.882 bits per heavy atom. The Hall–Kier alpha value is -7.29. The molecule has 0 unspecified atom stereocenters. The predicted octanol–water partition coefficient (Wildman–Crippen LogP) is 6.15. The Morgan fingerprint density at radius 3 is 2.25 bits per heavy atom. The second kappa shape index (κ2) is 24.1. The summed E-state index contributed by atoms with van der Waals surface area (Å²) in [6.45, 7) is 10.3. The van der Waals surface area contributed by atoms with Crippen LogP contribution in [0.2, 0.25) is 0 Å². The van der Waals surface area contributed by atoms with E-state index in [9.17, 15) is 37.9 Å². The summed E-state index contributed by atoms with van der Waals surface area (Å²) in [6, 6.07) is 19.4. The van der Waals surface area contributed by atoms with Crippen molar-refractivity contribution in [2.45, 2.75) is 97.0 Å². The van der Waals surface area contributed by atoms with Crippen LogP contribution in [0.1, 0.15) is 91.2 Å². The van der Waals surface area contributed by atoms with Gasteiger partial charge in [-0.25, -0.2) is 13.8 Å². The van der Waals surface area contributed by atoms with Gasteiger partial charge in [0.2, 0.25) is 23.6 Å². The average Bonchev–Trinajstić information content (AvgIpc) is 4.01. The largest absolute Gasteiger partial charge is 0.398 e. The quantitative estimate of drug-likeness (QED) is 0.0336. The number of aliphatic hydroxyl groups excluding tert-OH is 1. The van der Waals surface area contributed by atoms with Crippen molar-refractivity contribution in [3.05, 3.63) is 130 Å². The second-order valence-electron chi connectivity index (χ2n) is 20.8. The number of anilines is 3.